The zero-order valence-corrected chi connectivity index (χ0v) is 16.0. The maximum Gasteiger partial charge on any atom is 0.298 e. The highest BCUT2D eigenvalue weighted by Crippen LogP contribution is 2.38. The highest BCUT2D eigenvalue weighted by Gasteiger charge is 2.36. The van der Waals surface area contributed by atoms with Crippen LogP contribution in [0.15, 0.2) is 54.0 Å². The normalized spacial score (nSPS) is 15.5. The van der Waals surface area contributed by atoms with Crippen molar-refractivity contribution in [3.63, 3.8) is 0 Å². The second-order valence-corrected chi connectivity index (χ2v) is 7.15. The van der Waals surface area contributed by atoms with E-state index in [0.717, 1.165) is 16.7 Å². The van der Waals surface area contributed by atoms with E-state index in [1.807, 2.05) is 0 Å². The molecule has 1 aliphatic rings. The third-order valence-corrected chi connectivity index (χ3v) is 5.02. The van der Waals surface area contributed by atoms with E-state index in [-0.39, 0.29) is 16.4 Å². The Hall–Kier alpha value is -2.70. The molecule has 7 heteroatoms. The summed E-state index contributed by atoms with van der Waals surface area (Å²) in [5.41, 5.74) is 1.67. The van der Waals surface area contributed by atoms with E-state index >= 15 is 0 Å². The van der Waals surface area contributed by atoms with Crippen molar-refractivity contribution < 1.29 is 19.4 Å². The SMILES string of the molecule is C=CCc1cc(/C=C2/SC(=O)N(c3cccc(Cl)c3)C2=O)cc(OC)c1O. The van der Waals surface area contributed by atoms with Crippen LogP contribution in [0.3, 0.4) is 0 Å². The lowest BCUT2D eigenvalue weighted by Gasteiger charge is -2.12. The van der Waals surface area contributed by atoms with Gasteiger partial charge in [-0.05, 0) is 60.2 Å². The zero-order chi connectivity index (χ0) is 19.6. The molecule has 0 bridgehead atoms. The van der Waals surface area contributed by atoms with Crippen LogP contribution in [0.4, 0.5) is 10.5 Å². The second kappa shape index (κ2) is 7.90. The predicted octanol–water partition coefficient (Wildman–Crippen LogP) is 5.02. The van der Waals surface area contributed by atoms with Gasteiger partial charge in [0.15, 0.2) is 11.5 Å². The van der Waals surface area contributed by atoms with Gasteiger partial charge in [0.1, 0.15) is 0 Å². The monoisotopic (exact) mass is 401 g/mol. The number of phenols is 1. The quantitative estimate of drug-likeness (QED) is 0.562. The summed E-state index contributed by atoms with van der Waals surface area (Å²) in [6.07, 6.45) is 3.70. The molecule has 0 aliphatic carbocycles. The number of imide groups is 1. The third kappa shape index (κ3) is 3.86. The molecule has 27 heavy (non-hydrogen) atoms. The minimum Gasteiger partial charge on any atom is -0.504 e. The number of nitrogens with zero attached hydrogens (tertiary/aromatic N) is 1. The molecule has 1 fully saturated rings. The molecular formula is C20H16ClNO4S. The second-order valence-electron chi connectivity index (χ2n) is 5.72. The molecule has 0 saturated carbocycles. The number of hydrogen-bond acceptors (Lipinski definition) is 5. The average molecular weight is 402 g/mol. The number of halogens is 1. The first-order valence-electron chi connectivity index (χ1n) is 7.99. The molecule has 5 nitrogen and oxygen atoms in total. The zero-order valence-electron chi connectivity index (χ0n) is 14.4. The summed E-state index contributed by atoms with van der Waals surface area (Å²) in [5.74, 6) is -0.110. The molecule has 0 aromatic heterocycles. The molecule has 0 atom stereocenters. The molecule has 2 aromatic carbocycles. The lowest BCUT2D eigenvalue weighted by molar-refractivity contribution is -0.113. The molecule has 1 saturated heterocycles. The summed E-state index contributed by atoms with van der Waals surface area (Å²) in [4.78, 5) is 26.5. The number of phenolic OH excluding ortho intramolecular Hbond substituents is 1. The number of anilines is 1. The van der Waals surface area contributed by atoms with Gasteiger partial charge >= 0.3 is 0 Å². The Labute approximate surface area is 165 Å². The molecular weight excluding hydrogens is 386 g/mol. The van der Waals surface area contributed by atoms with Gasteiger partial charge in [0.25, 0.3) is 11.1 Å². The van der Waals surface area contributed by atoms with E-state index in [1.54, 1.807) is 48.6 Å². The number of rotatable bonds is 5. The van der Waals surface area contributed by atoms with Crippen LogP contribution in [0.25, 0.3) is 6.08 Å². The molecule has 3 rings (SSSR count). The van der Waals surface area contributed by atoms with Crippen LogP contribution in [-0.4, -0.2) is 23.4 Å². The molecule has 1 N–H and O–H groups in total. The van der Waals surface area contributed by atoms with Gasteiger partial charge in [0, 0.05) is 10.6 Å². The van der Waals surface area contributed by atoms with E-state index in [9.17, 15) is 14.7 Å². The van der Waals surface area contributed by atoms with Gasteiger partial charge in [0.2, 0.25) is 0 Å². The molecule has 138 valence electrons. The number of hydrogen-bond donors (Lipinski definition) is 1. The Morgan fingerprint density at radius 1 is 1.30 bits per heavy atom. The van der Waals surface area contributed by atoms with Crippen LogP contribution >= 0.6 is 23.4 Å². The first-order valence-corrected chi connectivity index (χ1v) is 9.18. The number of methoxy groups -OCH3 is 1. The lowest BCUT2D eigenvalue weighted by atomic mass is 10.1. The number of benzene rings is 2. The first-order chi connectivity index (χ1) is 12.9. The van der Waals surface area contributed by atoms with Crippen molar-refractivity contribution in [2.24, 2.45) is 0 Å². The number of thioether (sulfide) groups is 1. The maximum absolute atomic E-state index is 12.7. The van der Waals surface area contributed by atoms with Crippen LogP contribution in [0.2, 0.25) is 5.02 Å². The summed E-state index contributed by atoms with van der Waals surface area (Å²) in [5, 5.41) is 10.2. The Balaban J connectivity index is 1.98. The standard InChI is InChI=1S/C20H16ClNO4S/c1-3-5-13-8-12(9-16(26-2)18(13)23)10-17-19(24)22(20(25)27-17)15-7-4-6-14(21)11-15/h3-4,6-11,23H,1,5H2,2H3/b17-10+. The lowest BCUT2D eigenvalue weighted by Crippen LogP contribution is -2.27. The van der Waals surface area contributed by atoms with E-state index < -0.39 is 11.1 Å². The Morgan fingerprint density at radius 2 is 2.07 bits per heavy atom. The van der Waals surface area contributed by atoms with Crippen molar-refractivity contribution in [3.8, 4) is 11.5 Å². The highest BCUT2D eigenvalue weighted by atomic mass is 35.5. The summed E-state index contributed by atoms with van der Waals surface area (Å²) in [6, 6.07) is 9.90. The summed E-state index contributed by atoms with van der Waals surface area (Å²) in [7, 11) is 1.45. The van der Waals surface area contributed by atoms with Gasteiger partial charge in [-0.25, -0.2) is 4.90 Å². The Bertz CT molecular complexity index is 970. The van der Waals surface area contributed by atoms with E-state index in [2.05, 4.69) is 6.58 Å². The largest absolute Gasteiger partial charge is 0.504 e. The minimum atomic E-state index is -0.426. The number of carbonyl (C=O) groups excluding carboxylic acids is 2. The smallest absolute Gasteiger partial charge is 0.298 e. The third-order valence-electron chi connectivity index (χ3n) is 3.92. The number of allylic oxidation sites excluding steroid dienone is 1. The van der Waals surface area contributed by atoms with Gasteiger partial charge < -0.3 is 9.84 Å². The number of carbonyl (C=O) groups is 2. The molecule has 2 aromatic rings. The topological polar surface area (TPSA) is 66.8 Å². The Kier molecular flexibility index (Phi) is 5.58. The van der Waals surface area contributed by atoms with Crippen molar-refractivity contribution >= 4 is 46.3 Å². The van der Waals surface area contributed by atoms with Crippen LogP contribution in [-0.2, 0) is 11.2 Å². The molecule has 2 amide bonds. The maximum atomic E-state index is 12.7. The van der Waals surface area contributed by atoms with E-state index in [0.29, 0.717) is 28.3 Å². The van der Waals surface area contributed by atoms with Crippen molar-refractivity contribution in [3.05, 3.63) is 70.1 Å². The summed E-state index contributed by atoms with van der Waals surface area (Å²) >= 11 is 6.81. The molecule has 1 heterocycles. The first kappa shape index (κ1) is 19.1. The highest BCUT2D eigenvalue weighted by molar-refractivity contribution is 8.19. The van der Waals surface area contributed by atoms with Gasteiger partial charge in [-0.15, -0.1) is 6.58 Å². The summed E-state index contributed by atoms with van der Waals surface area (Å²) in [6.45, 7) is 3.67. The molecule has 0 unspecified atom stereocenters. The van der Waals surface area contributed by atoms with E-state index in [4.69, 9.17) is 16.3 Å². The number of amides is 2. The van der Waals surface area contributed by atoms with Gasteiger partial charge in [-0.3, -0.25) is 9.59 Å². The fourth-order valence-electron chi connectivity index (χ4n) is 2.70. The van der Waals surface area contributed by atoms with Gasteiger partial charge in [-0.1, -0.05) is 23.7 Å². The molecule has 1 aliphatic heterocycles. The summed E-state index contributed by atoms with van der Waals surface area (Å²) < 4.78 is 5.19. The van der Waals surface area contributed by atoms with Crippen molar-refractivity contribution in [2.45, 2.75) is 6.42 Å². The fourth-order valence-corrected chi connectivity index (χ4v) is 3.72. The average Bonchev–Trinajstić information content (AvgIpc) is 2.91. The van der Waals surface area contributed by atoms with Crippen LogP contribution in [0.5, 0.6) is 11.5 Å². The molecule has 0 spiro atoms. The van der Waals surface area contributed by atoms with Crippen LogP contribution < -0.4 is 9.64 Å². The van der Waals surface area contributed by atoms with Crippen molar-refractivity contribution in [1.29, 1.82) is 0 Å². The van der Waals surface area contributed by atoms with Gasteiger partial charge in [-0.2, -0.15) is 0 Å². The Morgan fingerprint density at radius 3 is 2.74 bits per heavy atom. The van der Waals surface area contributed by atoms with Crippen molar-refractivity contribution in [2.75, 3.05) is 12.0 Å². The predicted molar refractivity (Wildman–Crippen MR) is 108 cm³/mol. The fraction of sp³-hybridized carbons (Fsp3) is 0.100. The van der Waals surface area contributed by atoms with Gasteiger partial charge in [0.05, 0.1) is 17.7 Å². The minimum absolute atomic E-state index is 0.0292. The van der Waals surface area contributed by atoms with Crippen molar-refractivity contribution in [1.82, 2.24) is 0 Å². The number of ether oxygens (including phenoxy) is 1. The molecule has 0 radical (unpaired) electrons. The van der Waals surface area contributed by atoms with Crippen LogP contribution in [0, 0.1) is 0 Å². The number of aromatic hydroxyl groups is 1. The van der Waals surface area contributed by atoms with E-state index in [1.165, 1.54) is 7.11 Å². The van der Waals surface area contributed by atoms with Crippen LogP contribution in [0.1, 0.15) is 11.1 Å².